The van der Waals surface area contributed by atoms with Gasteiger partial charge in [0.25, 0.3) is 0 Å². The zero-order valence-electron chi connectivity index (χ0n) is 8.35. The Labute approximate surface area is 87.8 Å². The Kier molecular flexibility index (Phi) is 2.99. The van der Waals surface area contributed by atoms with Crippen LogP contribution in [0.15, 0.2) is 23.1 Å². The van der Waals surface area contributed by atoms with Gasteiger partial charge in [-0.1, -0.05) is 0 Å². The van der Waals surface area contributed by atoms with Crippen LogP contribution >= 0.6 is 0 Å². The van der Waals surface area contributed by atoms with Crippen LogP contribution in [0.3, 0.4) is 0 Å². The Balaban J connectivity index is 3.27. The lowest BCUT2D eigenvalue weighted by molar-refractivity contribution is 0.0602. The number of hydrogen-bond acceptors (Lipinski definition) is 5. The van der Waals surface area contributed by atoms with Gasteiger partial charge in [-0.15, -0.1) is 0 Å². The Morgan fingerprint density at radius 1 is 1.40 bits per heavy atom. The summed E-state index contributed by atoms with van der Waals surface area (Å²) in [4.78, 5) is 11.2. The first-order chi connectivity index (χ1) is 6.86. The molecular weight excluding hydrogens is 218 g/mol. The fourth-order valence-electron chi connectivity index (χ4n) is 1.07. The first kappa shape index (κ1) is 11.5. The number of sulfone groups is 1. The highest BCUT2D eigenvalue weighted by Crippen LogP contribution is 2.18. The van der Waals surface area contributed by atoms with E-state index in [1.807, 2.05) is 0 Å². The molecule has 0 aliphatic heterocycles. The van der Waals surface area contributed by atoms with Gasteiger partial charge in [0.2, 0.25) is 0 Å². The van der Waals surface area contributed by atoms with Gasteiger partial charge in [-0.05, 0) is 18.2 Å². The van der Waals surface area contributed by atoms with Gasteiger partial charge in [-0.3, -0.25) is 0 Å². The molecule has 0 unspecified atom stereocenters. The van der Waals surface area contributed by atoms with Crippen molar-refractivity contribution >= 4 is 21.5 Å². The lowest BCUT2D eigenvalue weighted by Gasteiger charge is -2.05. The van der Waals surface area contributed by atoms with Crippen LogP contribution in [-0.2, 0) is 14.6 Å². The number of carbonyl (C=O) groups is 1. The summed E-state index contributed by atoms with van der Waals surface area (Å²) in [6.45, 7) is 0. The van der Waals surface area contributed by atoms with Crippen LogP contribution in [0.4, 0.5) is 5.69 Å². The van der Waals surface area contributed by atoms with Gasteiger partial charge < -0.3 is 10.5 Å². The summed E-state index contributed by atoms with van der Waals surface area (Å²) in [6, 6.07) is 3.89. The second-order valence-electron chi connectivity index (χ2n) is 3.01. The molecule has 1 aromatic rings. The van der Waals surface area contributed by atoms with Gasteiger partial charge in [-0.2, -0.15) is 0 Å². The van der Waals surface area contributed by atoms with Gasteiger partial charge in [0.15, 0.2) is 9.84 Å². The summed E-state index contributed by atoms with van der Waals surface area (Å²) in [5.74, 6) is -0.590. The van der Waals surface area contributed by atoms with E-state index < -0.39 is 15.8 Å². The van der Waals surface area contributed by atoms with Crippen molar-refractivity contribution in [3.05, 3.63) is 23.8 Å². The number of nitrogens with two attached hydrogens (primary N) is 1. The third-order valence-corrected chi connectivity index (χ3v) is 2.97. The SMILES string of the molecule is COC(=O)c1ccc(S(C)(=O)=O)cc1N. The van der Waals surface area contributed by atoms with Crippen LogP contribution in [0, 0.1) is 0 Å². The molecule has 5 nitrogen and oxygen atoms in total. The van der Waals surface area contributed by atoms with Gasteiger partial charge in [0.1, 0.15) is 0 Å². The van der Waals surface area contributed by atoms with Gasteiger partial charge in [-0.25, -0.2) is 13.2 Å². The fraction of sp³-hybridized carbons (Fsp3) is 0.222. The third-order valence-electron chi connectivity index (χ3n) is 1.86. The van der Waals surface area contributed by atoms with Crippen molar-refractivity contribution < 1.29 is 17.9 Å². The molecular formula is C9H11NO4S. The predicted octanol–water partition coefficient (Wildman–Crippen LogP) is 0.459. The first-order valence-electron chi connectivity index (χ1n) is 4.04. The van der Waals surface area contributed by atoms with E-state index in [9.17, 15) is 13.2 Å². The molecule has 2 N–H and O–H groups in total. The Hall–Kier alpha value is -1.56. The Morgan fingerprint density at radius 3 is 2.40 bits per heavy atom. The van der Waals surface area contributed by atoms with E-state index in [0.717, 1.165) is 6.26 Å². The maximum absolute atomic E-state index is 11.2. The molecule has 0 fully saturated rings. The van der Waals surface area contributed by atoms with Crippen molar-refractivity contribution in [2.75, 3.05) is 19.1 Å². The molecule has 82 valence electrons. The fourth-order valence-corrected chi connectivity index (χ4v) is 1.72. The number of methoxy groups -OCH3 is 1. The molecule has 15 heavy (non-hydrogen) atoms. The number of rotatable bonds is 2. The van der Waals surface area contributed by atoms with Crippen molar-refractivity contribution in [3.63, 3.8) is 0 Å². The third kappa shape index (κ3) is 2.47. The molecule has 6 heteroatoms. The Morgan fingerprint density at radius 2 is 2.00 bits per heavy atom. The maximum Gasteiger partial charge on any atom is 0.339 e. The highest BCUT2D eigenvalue weighted by atomic mass is 32.2. The molecule has 0 saturated carbocycles. The molecule has 0 heterocycles. The molecule has 1 rings (SSSR count). The number of ether oxygens (including phenoxy) is 1. The maximum atomic E-state index is 11.2. The van der Waals surface area contributed by atoms with Gasteiger partial charge >= 0.3 is 5.97 Å². The minimum absolute atomic E-state index is 0.0765. The molecule has 0 bridgehead atoms. The second-order valence-corrected chi connectivity index (χ2v) is 5.03. The summed E-state index contributed by atoms with van der Waals surface area (Å²) in [7, 11) is -2.08. The monoisotopic (exact) mass is 229 g/mol. The number of benzene rings is 1. The van der Waals surface area contributed by atoms with Crippen molar-refractivity contribution in [2.45, 2.75) is 4.90 Å². The first-order valence-corrected chi connectivity index (χ1v) is 5.93. The standard InChI is InChI=1S/C9H11NO4S/c1-14-9(11)7-4-3-6(5-8(7)10)15(2,12)13/h3-5H,10H2,1-2H3. The highest BCUT2D eigenvalue weighted by molar-refractivity contribution is 7.90. The minimum atomic E-state index is -3.31. The van der Waals surface area contributed by atoms with E-state index in [2.05, 4.69) is 4.74 Å². The topological polar surface area (TPSA) is 86.5 Å². The average Bonchev–Trinajstić information content (AvgIpc) is 2.15. The number of hydrogen-bond donors (Lipinski definition) is 1. The summed E-state index contributed by atoms with van der Waals surface area (Å²) in [6.07, 6.45) is 1.07. The number of nitrogen functional groups attached to an aromatic ring is 1. The molecule has 0 atom stereocenters. The zero-order chi connectivity index (χ0) is 11.6. The van der Waals surface area contributed by atoms with E-state index in [-0.39, 0.29) is 16.1 Å². The van der Waals surface area contributed by atoms with Gasteiger partial charge in [0, 0.05) is 11.9 Å². The minimum Gasteiger partial charge on any atom is -0.465 e. The van der Waals surface area contributed by atoms with E-state index in [4.69, 9.17) is 5.73 Å². The molecule has 0 aliphatic rings. The number of esters is 1. The van der Waals surface area contributed by atoms with Crippen LogP contribution in [0.1, 0.15) is 10.4 Å². The molecule has 0 spiro atoms. The number of anilines is 1. The normalized spacial score (nSPS) is 11.1. The average molecular weight is 229 g/mol. The summed E-state index contributed by atoms with van der Waals surface area (Å²) in [5, 5.41) is 0. The molecule has 1 aromatic carbocycles. The van der Waals surface area contributed by atoms with E-state index in [0.29, 0.717) is 0 Å². The van der Waals surface area contributed by atoms with Crippen molar-refractivity contribution in [3.8, 4) is 0 Å². The van der Waals surface area contributed by atoms with Crippen molar-refractivity contribution in [1.82, 2.24) is 0 Å². The number of carbonyl (C=O) groups excluding carboxylic acids is 1. The molecule has 0 amide bonds. The lowest BCUT2D eigenvalue weighted by atomic mass is 10.2. The molecule has 0 saturated heterocycles. The quantitative estimate of drug-likeness (QED) is 0.588. The second kappa shape index (κ2) is 3.90. The lowest BCUT2D eigenvalue weighted by Crippen LogP contribution is -2.07. The van der Waals surface area contributed by atoms with Crippen LogP contribution in [0.25, 0.3) is 0 Å². The highest BCUT2D eigenvalue weighted by Gasteiger charge is 2.13. The van der Waals surface area contributed by atoms with Crippen LogP contribution in [0.2, 0.25) is 0 Å². The van der Waals surface area contributed by atoms with Gasteiger partial charge in [0.05, 0.1) is 17.6 Å². The van der Waals surface area contributed by atoms with E-state index >= 15 is 0 Å². The Bertz CT molecular complexity index is 493. The van der Waals surface area contributed by atoms with E-state index in [1.165, 1.54) is 25.3 Å². The molecule has 0 aliphatic carbocycles. The van der Waals surface area contributed by atoms with Crippen LogP contribution in [0.5, 0.6) is 0 Å². The smallest absolute Gasteiger partial charge is 0.339 e. The van der Waals surface area contributed by atoms with Crippen molar-refractivity contribution in [2.24, 2.45) is 0 Å². The largest absolute Gasteiger partial charge is 0.465 e. The summed E-state index contributed by atoms with van der Waals surface area (Å²) >= 11 is 0. The zero-order valence-corrected chi connectivity index (χ0v) is 9.17. The van der Waals surface area contributed by atoms with Crippen LogP contribution < -0.4 is 5.73 Å². The molecule has 0 aromatic heterocycles. The summed E-state index contributed by atoms with van der Waals surface area (Å²) in [5.41, 5.74) is 5.77. The predicted molar refractivity (Wildman–Crippen MR) is 55.3 cm³/mol. The molecule has 0 radical (unpaired) electrons. The van der Waals surface area contributed by atoms with E-state index in [1.54, 1.807) is 0 Å². The van der Waals surface area contributed by atoms with Crippen molar-refractivity contribution in [1.29, 1.82) is 0 Å². The van der Waals surface area contributed by atoms with Crippen LogP contribution in [-0.4, -0.2) is 27.8 Å². The summed E-state index contributed by atoms with van der Waals surface area (Å²) < 4.78 is 26.8.